The van der Waals surface area contributed by atoms with Crippen LogP contribution >= 0.6 is 15.9 Å². The van der Waals surface area contributed by atoms with E-state index in [0.717, 1.165) is 23.0 Å². The molecule has 1 heterocycles. The summed E-state index contributed by atoms with van der Waals surface area (Å²) in [6.07, 6.45) is 3.84. The molecule has 0 fully saturated rings. The standard InChI is InChI=1S/C12H18BrN3O/c1-3-4-9(14)6-11(17)16-10-5-8(2)12(13)15-7-10/h5,7,9H,3-4,6,14H2,1-2H3,(H,16,17). The second-order valence-corrected chi connectivity index (χ2v) is 4.88. The van der Waals surface area contributed by atoms with Gasteiger partial charge in [0, 0.05) is 12.5 Å². The molecule has 4 nitrogen and oxygen atoms in total. The number of hydrogen-bond donors (Lipinski definition) is 2. The normalized spacial score (nSPS) is 12.2. The largest absolute Gasteiger partial charge is 0.327 e. The third kappa shape index (κ3) is 4.83. The third-order valence-electron chi connectivity index (χ3n) is 2.41. The molecule has 0 aromatic carbocycles. The van der Waals surface area contributed by atoms with Crippen molar-refractivity contribution >= 4 is 27.5 Å². The number of nitrogens with one attached hydrogen (secondary N) is 1. The molecule has 3 N–H and O–H groups in total. The van der Waals surface area contributed by atoms with Gasteiger partial charge in [-0.1, -0.05) is 13.3 Å². The minimum Gasteiger partial charge on any atom is -0.327 e. The van der Waals surface area contributed by atoms with E-state index < -0.39 is 0 Å². The average molecular weight is 300 g/mol. The molecule has 0 aliphatic carbocycles. The molecule has 1 rings (SSSR count). The van der Waals surface area contributed by atoms with E-state index >= 15 is 0 Å². The first-order chi connectivity index (χ1) is 8.02. The average Bonchev–Trinajstić information content (AvgIpc) is 2.23. The molecule has 17 heavy (non-hydrogen) atoms. The SMILES string of the molecule is CCCC(N)CC(=O)Nc1cnc(Br)c(C)c1. The van der Waals surface area contributed by atoms with Crippen LogP contribution in [0, 0.1) is 6.92 Å². The van der Waals surface area contributed by atoms with E-state index in [1.54, 1.807) is 6.20 Å². The highest BCUT2D eigenvalue weighted by atomic mass is 79.9. The molecule has 0 saturated heterocycles. The van der Waals surface area contributed by atoms with E-state index in [4.69, 9.17) is 5.73 Å². The maximum absolute atomic E-state index is 11.7. The number of pyridine rings is 1. The van der Waals surface area contributed by atoms with E-state index in [-0.39, 0.29) is 11.9 Å². The number of carbonyl (C=O) groups excluding carboxylic acids is 1. The van der Waals surface area contributed by atoms with Crippen molar-refractivity contribution < 1.29 is 4.79 Å². The number of nitrogens with two attached hydrogens (primary N) is 1. The number of amides is 1. The van der Waals surface area contributed by atoms with Crippen LogP contribution in [-0.2, 0) is 4.79 Å². The molecule has 1 atom stereocenters. The van der Waals surface area contributed by atoms with Crippen molar-refractivity contribution in [3.8, 4) is 0 Å². The number of aryl methyl sites for hydroxylation is 1. The Hall–Kier alpha value is -0.940. The number of aromatic nitrogens is 1. The van der Waals surface area contributed by atoms with Crippen LogP contribution < -0.4 is 11.1 Å². The van der Waals surface area contributed by atoms with Crippen LogP contribution in [-0.4, -0.2) is 16.9 Å². The minimum absolute atomic E-state index is 0.0607. The Morgan fingerprint density at radius 2 is 2.35 bits per heavy atom. The summed E-state index contributed by atoms with van der Waals surface area (Å²) >= 11 is 3.31. The molecule has 94 valence electrons. The molecule has 1 aromatic heterocycles. The molecule has 0 saturated carbocycles. The van der Waals surface area contributed by atoms with Gasteiger partial charge in [-0.25, -0.2) is 4.98 Å². The first-order valence-electron chi connectivity index (χ1n) is 5.70. The van der Waals surface area contributed by atoms with Crippen LogP contribution in [0.25, 0.3) is 0 Å². The van der Waals surface area contributed by atoms with Gasteiger partial charge in [-0.3, -0.25) is 4.79 Å². The number of rotatable bonds is 5. The summed E-state index contributed by atoms with van der Waals surface area (Å²) in [7, 11) is 0. The summed E-state index contributed by atoms with van der Waals surface area (Å²) in [6.45, 7) is 3.98. The van der Waals surface area contributed by atoms with Gasteiger partial charge in [0.05, 0.1) is 11.9 Å². The van der Waals surface area contributed by atoms with Gasteiger partial charge in [-0.2, -0.15) is 0 Å². The molecule has 0 aliphatic rings. The highest BCUT2D eigenvalue weighted by Crippen LogP contribution is 2.16. The molecule has 5 heteroatoms. The van der Waals surface area contributed by atoms with E-state index in [9.17, 15) is 4.79 Å². The molecule has 0 radical (unpaired) electrons. The molecule has 1 aromatic rings. The van der Waals surface area contributed by atoms with Gasteiger partial charge in [-0.05, 0) is 40.9 Å². The molecular weight excluding hydrogens is 282 g/mol. The smallest absolute Gasteiger partial charge is 0.225 e. The van der Waals surface area contributed by atoms with Crippen molar-refractivity contribution in [3.05, 3.63) is 22.4 Å². The topological polar surface area (TPSA) is 68.0 Å². The van der Waals surface area contributed by atoms with Gasteiger partial charge in [0.25, 0.3) is 0 Å². The van der Waals surface area contributed by atoms with Gasteiger partial charge < -0.3 is 11.1 Å². The fourth-order valence-corrected chi connectivity index (χ4v) is 1.77. The number of carbonyl (C=O) groups is 1. The Balaban J connectivity index is 2.53. The lowest BCUT2D eigenvalue weighted by Gasteiger charge is -2.10. The zero-order valence-corrected chi connectivity index (χ0v) is 11.8. The zero-order chi connectivity index (χ0) is 12.8. The van der Waals surface area contributed by atoms with Crippen molar-refractivity contribution in [3.63, 3.8) is 0 Å². The summed E-state index contributed by atoms with van der Waals surface area (Å²) < 4.78 is 0.790. The van der Waals surface area contributed by atoms with E-state index in [1.807, 2.05) is 13.0 Å². The predicted molar refractivity (Wildman–Crippen MR) is 72.8 cm³/mol. The number of hydrogen-bond acceptors (Lipinski definition) is 3. The van der Waals surface area contributed by atoms with Crippen LogP contribution in [0.15, 0.2) is 16.9 Å². The van der Waals surface area contributed by atoms with Gasteiger partial charge in [0.1, 0.15) is 4.60 Å². The molecule has 1 amide bonds. The maximum atomic E-state index is 11.7. The second-order valence-electron chi connectivity index (χ2n) is 4.13. The Morgan fingerprint density at radius 3 is 2.94 bits per heavy atom. The Morgan fingerprint density at radius 1 is 1.65 bits per heavy atom. The van der Waals surface area contributed by atoms with Crippen LogP contribution in [0.1, 0.15) is 31.7 Å². The molecule has 1 unspecified atom stereocenters. The second kappa shape index (κ2) is 6.71. The van der Waals surface area contributed by atoms with E-state index in [2.05, 4.69) is 33.2 Å². The lowest BCUT2D eigenvalue weighted by Crippen LogP contribution is -2.26. The first kappa shape index (κ1) is 14.1. The van der Waals surface area contributed by atoms with Crippen molar-refractivity contribution in [2.75, 3.05) is 5.32 Å². The van der Waals surface area contributed by atoms with Crippen molar-refractivity contribution in [1.82, 2.24) is 4.98 Å². The predicted octanol–water partition coefficient (Wildman–Crippen LogP) is 2.61. The lowest BCUT2D eigenvalue weighted by atomic mass is 10.1. The summed E-state index contributed by atoms with van der Waals surface area (Å²) in [4.78, 5) is 15.8. The van der Waals surface area contributed by atoms with Crippen LogP contribution in [0.3, 0.4) is 0 Å². The summed E-state index contributed by atoms with van der Waals surface area (Å²) in [5.41, 5.74) is 7.50. The minimum atomic E-state index is -0.0653. The molecular formula is C12H18BrN3O. The quantitative estimate of drug-likeness (QED) is 0.821. The Labute approximate surface area is 110 Å². The Bertz CT molecular complexity index is 395. The fourth-order valence-electron chi connectivity index (χ4n) is 1.55. The third-order valence-corrected chi connectivity index (χ3v) is 3.24. The van der Waals surface area contributed by atoms with Gasteiger partial charge in [-0.15, -0.1) is 0 Å². The molecule has 0 bridgehead atoms. The summed E-state index contributed by atoms with van der Waals surface area (Å²) in [5.74, 6) is -0.0607. The lowest BCUT2D eigenvalue weighted by molar-refractivity contribution is -0.116. The zero-order valence-electron chi connectivity index (χ0n) is 10.2. The fraction of sp³-hybridized carbons (Fsp3) is 0.500. The van der Waals surface area contributed by atoms with Crippen LogP contribution in [0.4, 0.5) is 5.69 Å². The maximum Gasteiger partial charge on any atom is 0.225 e. The Kier molecular flexibility index (Phi) is 5.58. The van der Waals surface area contributed by atoms with Crippen molar-refractivity contribution in [1.29, 1.82) is 0 Å². The summed E-state index contributed by atoms with van der Waals surface area (Å²) in [6, 6.07) is 1.81. The highest BCUT2D eigenvalue weighted by molar-refractivity contribution is 9.10. The number of anilines is 1. The molecule has 0 spiro atoms. The van der Waals surface area contributed by atoms with Crippen LogP contribution in [0.5, 0.6) is 0 Å². The monoisotopic (exact) mass is 299 g/mol. The number of nitrogens with zero attached hydrogens (tertiary/aromatic N) is 1. The van der Waals surface area contributed by atoms with Gasteiger partial charge in [0.15, 0.2) is 0 Å². The van der Waals surface area contributed by atoms with Gasteiger partial charge >= 0.3 is 0 Å². The highest BCUT2D eigenvalue weighted by Gasteiger charge is 2.09. The van der Waals surface area contributed by atoms with E-state index in [0.29, 0.717) is 12.1 Å². The van der Waals surface area contributed by atoms with Crippen LogP contribution in [0.2, 0.25) is 0 Å². The van der Waals surface area contributed by atoms with Crippen molar-refractivity contribution in [2.45, 2.75) is 39.2 Å². The van der Waals surface area contributed by atoms with Crippen molar-refractivity contribution in [2.24, 2.45) is 5.73 Å². The van der Waals surface area contributed by atoms with Gasteiger partial charge in [0.2, 0.25) is 5.91 Å². The summed E-state index contributed by atoms with van der Waals surface area (Å²) in [5, 5.41) is 2.80. The molecule has 0 aliphatic heterocycles. The van der Waals surface area contributed by atoms with E-state index in [1.165, 1.54) is 0 Å². The first-order valence-corrected chi connectivity index (χ1v) is 6.49. The number of halogens is 1.